The third-order valence-electron chi connectivity index (χ3n) is 5.64. The van der Waals surface area contributed by atoms with E-state index in [-0.39, 0.29) is 6.42 Å². The first kappa shape index (κ1) is 23.4. The van der Waals surface area contributed by atoms with Crippen LogP contribution in [-0.2, 0) is 16.0 Å². The summed E-state index contributed by atoms with van der Waals surface area (Å²) in [6.07, 6.45) is 0.304. The second-order valence-electron chi connectivity index (χ2n) is 7.95. The lowest BCUT2D eigenvalue weighted by Gasteiger charge is -2.36. The number of halogens is 1. The number of carbonyl (C=O) groups is 2. The number of piperazine rings is 1. The van der Waals surface area contributed by atoms with Gasteiger partial charge in [-0.15, -0.1) is 0 Å². The first-order valence-corrected chi connectivity index (χ1v) is 11.3. The molecule has 0 radical (unpaired) electrons. The largest absolute Gasteiger partial charge is 0.481 e. The molecule has 0 aliphatic carbocycles. The summed E-state index contributed by atoms with van der Waals surface area (Å²) in [6, 6.07) is 14.8. The Morgan fingerprint density at radius 2 is 1.79 bits per heavy atom. The SMILES string of the molecule is CC(OC(=O)Nc1cnoc1N1CCN(c2ccc(CC(=O)O)cc2)CC1)c1ccccc1Cl. The monoisotopic (exact) mass is 484 g/mol. The van der Waals surface area contributed by atoms with E-state index in [0.29, 0.717) is 29.7 Å². The van der Waals surface area contributed by atoms with Crippen molar-refractivity contribution in [2.24, 2.45) is 0 Å². The van der Waals surface area contributed by atoms with Crippen LogP contribution in [0.1, 0.15) is 24.2 Å². The van der Waals surface area contributed by atoms with E-state index in [4.69, 9.17) is 26.0 Å². The molecular formula is C24H25ClN4O5. The van der Waals surface area contributed by atoms with Crippen LogP contribution in [0.5, 0.6) is 0 Å². The number of amides is 1. The number of nitrogens with one attached hydrogen (secondary N) is 1. The van der Waals surface area contributed by atoms with E-state index in [1.807, 2.05) is 47.4 Å². The molecule has 34 heavy (non-hydrogen) atoms. The number of benzene rings is 2. The van der Waals surface area contributed by atoms with E-state index in [1.165, 1.54) is 6.20 Å². The Bertz CT molecular complexity index is 1140. The summed E-state index contributed by atoms with van der Waals surface area (Å²) in [5.41, 5.74) is 2.95. The molecule has 3 aromatic rings. The summed E-state index contributed by atoms with van der Waals surface area (Å²) in [5.74, 6) is -0.376. The van der Waals surface area contributed by atoms with Crippen molar-refractivity contribution in [2.45, 2.75) is 19.4 Å². The standard InChI is InChI=1S/C24H25ClN4O5/c1-16(19-4-2-3-5-20(19)25)33-24(32)27-21-15-26-34-23(21)29-12-10-28(11-13-29)18-8-6-17(7-9-18)14-22(30)31/h2-9,15-16H,10-14H2,1H3,(H,27,32)(H,30,31). The van der Waals surface area contributed by atoms with E-state index in [2.05, 4.69) is 15.4 Å². The third-order valence-corrected chi connectivity index (χ3v) is 5.98. The first-order valence-electron chi connectivity index (χ1n) is 10.9. The molecule has 10 heteroatoms. The van der Waals surface area contributed by atoms with Crippen molar-refractivity contribution >= 4 is 40.9 Å². The van der Waals surface area contributed by atoms with Crippen LogP contribution in [0.15, 0.2) is 59.3 Å². The maximum absolute atomic E-state index is 12.5. The van der Waals surface area contributed by atoms with Gasteiger partial charge in [0.15, 0.2) is 0 Å². The topological polar surface area (TPSA) is 108 Å². The molecule has 0 bridgehead atoms. The Labute approximate surface area is 201 Å². The zero-order valence-electron chi connectivity index (χ0n) is 18.6. The molecule has 0 spiro atoms. The van der Waals surface area contributed by atoms with E-state index in [0.717, 1.165) is 29.9 Å². The van der Waals surface area contributed by atoms with Crippen LogP contribution in [0.4, 0.5) is 22.1 Å². The highest BCUT2D eigenvalue weighted by atomic mass is 35.5. The molecule has 1 fully saturated rings. The van der Waals surface area contributed by atoms with Crippen molar-refractivity contribution < 1.29 is 24.0 Å². The fourth-order valence-electron chi connectivity index (χ4n) is 3.88. The predicted molar refractivity (Wildman–Crippen MR) is 129 cm³/mol. The van der Waals surface area contributed by atoms with Crippen molar-refractivity contribution in [3.63, 3.8) is 0 Å². The van der Waals surface area contributed by atoms with Gasteiger partial charge >= 0.3 is 12.1 Å². The smallest absolute Gasteiger partial charge is 0.412 e. The maximum atomic E-state index is 12.5. The number of aliphatic carboxylic acids is 1. The minimum absolute atomic E-state index is 0.00886. The molecule has 2 N–H and O–H groups in total. The second-order valence-corrected chi connectivity index (χ2v) is 8.36. The second kappa shape index (κ2) is 10.5. The zero-order valence-corrected chi connectivity index (χ0v) is 19.4. The Morgan fingerprint density at radius 3 is 2.47 bits per heavy atom. The lowest BCUT2D eigenvalue weighted by molar-refractivity contribution is -0.136. The number of aromatic nitrogens is 1. The number of carboxylic acid groups (broad SMARTS) is 1. The Hall–Kier alpha value is -3.72. The molecule has 1 unspecified atom stereocenters. The fraction of sp³-hybridized carbons (Fsp3) is 0.292. The minimum Gasteiger partial charge on any atom is -0.481 e. The van der Waals surface area contributed by atoms with Gasteiger partial charge < -0.3 is 24.2 Å². The molecule has 1 aliphatic heterocycles. The van der Waals surface area contributed by atoms with Crippen molar-refractivity contribution in [3.8, 4) is 0 Å². The first-order chi connectivity index (χ1) is 16.4. The number of hydrogen-bond acceptors (Lipinski definition) is 7. The van der Waals surface area contributed by atoms with Gasteiger partial charge in [-0.25, -0.2) is 4.79 Å². The van der Waals surface area contributed by atoms with Gasteiger partial charge in [-0.05, 0) is 30.7 Å². The molecular weight excluding hydrogens is 460 g/mol. The van der Waals surface area contributed by atoms with Crippen LogP contribution >= 0.6 is 11.6 Å². The van der Waals surface area contributed by atoms with Gasteiger partial charge in [0.25, 0.3) is 5.88 Å². The number of rotatable bonds is 7. The van der Waals surface area contributed by atoms with Gasteiger partial charge in [-0.1, -0.05) is 47.1 Å². The van der Waals surface area contributed by atoms with Gasteiger partial charge in [-0.2, -0.15) is 0 Å². The molecule has 4 rings (SSSR count). The number of carboxylic acids is 1. The Morgan fingerprint density at radius 1 is 1.12 bits per heavy atom. The number of anilines is 3. The van der Waals surface area contributed by atoms with Gasteiger partial charge in [0, 0.05) is 42.5 Å². The Balaban J connectivity index is 1.33. The molecule has 2 aromatic carbocycles. The molecule has 1 aliphatic rings. The predicted octanol–water partition coefficient (Wildman–Crippen LogP) is 4.59. The van der Waals surface area contributed by atoms with Crippen molar-refractivity contribution in [2.75, 3.05) is 41.3 Å². The van der Waals surface area contributed by atoms with Crippen LogP contribution in [0.25, 0.3) is 0 Å². The van der Waals surface area contributed by atoms with Crippen molar-refractivity contribution in [1.82, 2.24) is 5.16 Å². The summed E-state index contributed by atoms with van der Waals surface area (Å²) >= 11 is 6.18. The number of carbonyl (C=O) groups excluding carboxylic acids is 1. The lowest BCUT2D eigenvalue weighted by atomic mass is 10.1. The number of ether oxygens (including phenoxy) is 1. The summed E-state index contributed by atoms with van der Waals surface area (Å²) in [7, 11) is 0. The highest BCUT2D eigenvalue weighted by Crippen LogP contribution is 2.29. The quantitative estimate of drug-likeness (QED) is 0.501. The third kappa shape index (κ3) is 5.60. The summed E-state index contributed by atoms with van der Waals surface area (Å²) in [4.78, 5) is 27.5. The van der Waals surface area contributed by atoms with Gasteiger partial charge in [-0.3, -0.25) is 10.1 Å². The molecule has 1 aromatic heterocycles. The minimum atomic E-state index is -0.847. The summed E-state index contributed by atoms with van der Waals surface area (Å²) in [6.45, 7) is 4.53. The molecule has 1 amide bonds. The molecule has 0 saturated carbocycles. The normalized spacial score (nSPS) is 14.5. The van der Waals surface area contributed by atoms with Crippen LogP contribution in [0.2, 0.25) is 5.02 Å². The number of nitrogens with zero attached hydrogens (tertiary/aromatic N) is 3. The van der Waals surface area contributed by atoms with Gasteiger partial charge in [0.05, 0.1) is 12.6 Å². The van der Waals surface area contributed by atoms with E-state index < -0.39 is 18.2 Å². The van der Waals surface area contributed by atoms with E-state index >= 15 is 0 Å². The fourth-order valence-corrected chi connectivity index (χ4v) is 4.17. The zero-order chi connectivity index (χ0) is 24.1. The molecule has 1 saturated heterocycles. The maximum Gasteiger partial charge on any atom is 0.412 e. The summed E-state index contributed by atoms with van der Waals surface area (Å²) < 4.78 is 10.9. The highest BCUT2D eigenvalue weighted by molar-refractivity contribution is 6.31. The van der Waals surface area contributed by atoms with Crippen LogP contribution in [0.3, 0.4) is 0 Å². The van der Waals surface area contributed by atoms with E-state index in [9.17, 15) is 9.59 Å². The van der Waals surface area contributed by atoms with Gasteiger partial charge in [0.1, 0.15) is 11.8 Å². The molecule has 2 heterocycles. The highest BCUT2D eigenvalue weighted by Gasteiger charge is 2.24. The van der Waals surface area contributed by atoms with Gasteiger partial charge in [0.2, 0.25) is 0 Å². The average Bonchev–Trinajstić information content (AvgIpc) is 3.27. The van der Waals surface area contributed by atoms with Crippen molar-refractivity contribution in [3.05, 3.63) is 70.9 Å². The Kier molecular flexibility index (Phi) is 7.22. The molecule has 178 valence electrons. The van der Waals surface area contributed by atoms with Crippen LogP contribution in [0, 0.1) is 0 Å². The average molecular weight is 485 g/mol. The summed E-state index contributed by atoms with van der Waals surface area (Å²) in [5, 5.41) is 16.0. The van der Waals surface area contributed by atoms with E-state index in [1.54, 1.807) is 13.0 Å². The van der Waals surface area contributed by atoms with Crippen LogP contribution < -0.4 is 15.1 Å². The van der Waals surface area contributed by atoms with Crippen molar-refractivity contribution in [1.29, 1.82) is 0 Å². The number of hydrogen-bond donors (Lipinski definition) is 2. The molecule has 1 atom stereocenters. The lowest BCUT2D eigenvalue weighted by Crippen LogP contribution is -2.46. The molecule has 9 nitrogen and oxygen atoms in total. The van der Waals surface area contributed by atoms with Crippen LogP contribution in [-0.4, -0.2) is 48.5 Å².